The Balaban J connectivity index is 0.00000169. The van der Waals surface area contributed by atoms with Crippen molar-refractivity contribution in [2.75, 3.05) is 20.1 Å². The van der Waals surface area contributed by atoms with E-state index in [0.29, 0.717) is 17.3 Å². The molecule has 0 saturated carbocycles. The molecule has 82 valence electrons. The van der Waals surface area contributed by atoms with E-state index in [1.807, 2.05) is 0 Å². The molecule has 0 fully saturated rings. The van der Waals surface area contributed by atoms with Gasteiger partial charge in [-0.15, -0.1) is 23.7 Å². The Bertz CT molecular complexity index is 337. The average Bonchev–Trinajstić information content (AvgIpc) is 2.56. The molecule has 1 rings (SSSR count). The Labute approximate surface area is 94.2 Å². The third-order valence-electron chi connectivity index (χ3n) is 1.43. The van der Waals surface area contributed by atoms with Crippen LogP contribution in [-0.2, 0) is 10.0 Å². The van der Waals surface area contributed by atoms with Crippen LogP contribution < -0.4 is 10.0 Å². The summed E-state index contributed by atoms with van der Waals surface area (Å²) in [5.41, 5.74) is 0. The molecule has 0 bridgehead atoms. The highest BCUT2D eigenvalue weighted by Gasteiger charge is 2.13. The summed E-state index contributed by atoms with van der Waals surface area (Å²) in [7, 11) is -1.48. The highest BCUT2D eigenvalue weighted by Crippen LogP contribution is 2.14. The molecule has 0 unspecified atom stereocenters. The number of rotatable bonds is 5. The van der Waals surface area contributed by atoms with E-state index in [9.17, 15) is 8.42 Å². The molecular weight excluding hydrogens is 244 g/mol. The van der Waals surface area contributed by atoms with Crippen molar-refractivity contribution in [3.8, 4) is 0 Å². The molecule has 0 radical (unpaired) electrons. The maximum Gasteiger partial charge on any atom is 0.250 e. The first-order chi connectivity index (χ1) is 6.17. The number of nitrogens with one attached hydrogen (secondary N) is 2. The van der Waals surface area contributed by atoms with Gasteiger partial charge in [-0.2, -0.15) is 0 Å². The van der Waals surface area contributed by atoms with Gasteiger partial charge in [0.15, 0.2) is 0 Å². The first kappa shape index (κ1) is 13.9. The zero-order chi connectivity index (χ0) is 9.73. The van der Waals surface area contributed by atoms with Crippen LogP contribution in [0.3, 0.4) is 0 Å². The van der Waals surface area contributed by atoms with Gasteiger partial charge in [0.1, 0.15) is 4.21 Å². The summed E-state index contributed by atoms with van der Waals surface area (Å²) >= 11 is 1.22. The molecule has 0 aliphatic heterocycles. The van der Waals surface area contributed by atoms with Crippen molar-refractivity contribution >= 4 is 33.8 Å². The van der Waals surface area contributed by atoms with Crippen LogP contribution in [0.1, 0.15) is 0 Å². The molecule has 2 N–H and O–H groups in total. The highest BCUT2D eigenvalue weighted by molar-refractivity contribution is 7.91. The number of hydrogen-bond donors (Lipinski definition) is 2. The SMILES string of the molecule is CNCCNS(=O)(=O)c1cccs1.Cl. The van der Waals surface area contributed by atoms with E-state index in [0.717, 1.165) is 0 Å². The lowest BCUT2D eigenvalue weighted by Crippen LogP contribution is -2.29. The van der Waals surface area contributed by atoms with Crippen LogP contribution in [0.15, 0.2) is 21.7 Å². The second kappa shape index (κ2) is 6.36. The second-order valence-electron chi connectivity index (χ2n) is 2.43. The molecule has 0 aliphatic carbocycles. The summed E-state index contributed by atoms with van der Waals surface area (Å²) in [5, 5.41) is 4.60. The summed E-state index contributed by atoms with van der Waals surface area (Å²) in [6, 6.07) is 3.31. The molecule has 1 heterocycles. The lowest BCUT2D eigenvalue weighted by molar-refractivity contribution is 0.581. The molecule has 4 nitrogen and oxygen atoms in total. The van der Waals surface area contributed by atoms with Gasteiger partial charge in [-0.3, -0.25) is 0 Å². The Morgan fingerprint density at radius 3 is 2.64 bits per heavy atom. The molecule has 0 amide bonds. The average molecular weight is 257 g/mol. The van der Waals surface area contributed by atoms with E-state index in [4.69, 9.17) is 0 Å². The standard InChI is InChI=1S/C7H12N2O2S2.ClH/c1-8-4-5-9-13(10,11)7-3-2-6-12-7;/h2-3,6,8-9H,4-5H2,1H3;1H. The number of sulfonamides is 1. The molecular formula is C7H13ClN2O2S2. The predicted molar refractivity (Wildman–Crippen MR) is 60.7 cm³/mol. The van der Waals surface area contributed by atoms with Crippen LogP contribution in [0.4, 0.5) is 0 Å². The highest BCUT2D eigenvalue weighted by atomic mass is 35.5. The maximum absolute atomic E-state index is 11.4. The van der Waals surface area contributed by atoms with Crippen molar-refractivity contribution in [2.45, 2.75) is 4.21 Å². The Morgan fingerprint density at radius 2 is 2.14 bits per heavy atom. The molecule has 0 aliphatic rings. The summed E-state index contributed by atoms with van der Waals surface area (Å²) in [6.45, 7) is 1.04. The summed E-state index contributed by atoms with van der Waals surface area (Å²) < 4.78 is 25.7. The first-order valence-corrected chi connectivity index (χ1v) is 6.21. The van der Waals surface area contributed by atoms with Gasteiger partial charge >= 0.3 is 0 Å². The third kappa shape index (κ3) is 3.93. The van der Waals surface area contributed by atoms with E-state index < -0.39 is 10.0 Å². The Hall–Kier alpha value is -0.140. The largest absolute Gasteiger partial charge is 0.318 e. The second-order valence-corrected chi connectivity index (χ2v) is 5.37. The van der Waals surface area contributed by atoms with E-state index in [1.54, 1.807) is 24.6 Å². The van der Waals surface area contributed by atoms with E-state index in [2.05, 4.69) is 10.0 Å². The van der Waals surface area contributed by atoms with Crippen molar-refractivity contribution in [2.24, 2.45) is 0 Å². The fourth-order valence-electron chi connectivity index (χ4n) is 0.798. The van der Waals surface area contributed by atoms with Crippen LogP contribution in [-0.4, -0.2) is 28.6 Å². The normalized spacial score (nSPS) is 10.9. The van der Waals surface area contributed by atoms with Crippen molar-refractivity contribution < 1.29 is 8.42 Å². The molecule has 0 spiro atoms. The minimum atomic E-state index is -3.26. The van der Waals surface area contributed by atoms with Gasteiger partial charge in [-0.25, -0.2) is 13.1 Å². The first-order valence-electron chi connectivity index (χ1n) is 3.84. The number of likely N-dealkylation sites (N-methyl/N-ethyl adjacent to an activating group) is 1. The quantitative estimate of drug-likeness (QED) is 0.762. The topological polar surface area (TPSA) is 58.2 Å². The van der Waals surface area contributed by atoms with Gasteiger partial charge in [-0.05, 0) is 18.5 Å². The van der Waals surface area contributed by atoms with Gasteiger partial charge in [-0.1, -0.05) is 6.07 Å². The van der Waals surface area contributed by atoms with Crippen LogP contribution in [0.5, 0.6) is 0 Å². The number of halogens is 1. The van der Waals surface area contributed by atoms with Crippen molar-refractivity contribution in [1.82, 2.24) is 10.0 Å². The van der Waals surface area contributed by atoms with E-state index in [-0.39, 0.29) is 12.4 Å². The van der Waals surface area contributed by atoms with Crippen LogP contribution in [0.25, 0.3) is 0 Å². The van der Waals surface area contributed by atoms with Gasteiger partial charge in [0.05, 0.1) is 0 Å². The van der Waals surface area contributed by atoms with Gasteiger partial charge < -0.3 is 5.32 Å². The molecule has 0 aromatic carbocycles. The number of hydrogen-bond acceptors (Lipinski definition) is 4. The van der Waals surface area contributed by atoms with Gasteiger partial charge in [0.25, 0.3) is 0 Å². The van der Waals surface area contributed by atoms with Crippen LogP contribution in [0.2, 0.25) is 0 Å². The van der Waals surface area contributed by atoms with Crippen LogP contribution in [0, 0.1) is 0 Å². The molecule has 1 aromatic rings. The van der Waals surface area contributed by atoms with E-state index in [1.165, 1.54) is 11.3 Å². The predicted octanol–water partition coefficient (Wildman–Crippen LogP) is 0.668. The summed E-state index contributed by atoms with van der Waals surface area (Å²) in [6.07, 6.45) is 0. The van der Waals surface area contributed by atoms with Crippen LogP contribution >= 0.6 is 23.7 Å². The monoisotopic (exact) mass is 256 g/mol. The third-order valence-corrected chi connectivity index (χ3v) is 4.29. The minimum Gasteiger partial charge on any atom is -0.318 e. The maximum atomic E-state index is 11.4. The zero-order valence-corrected chi connectivity index (χ0v) is 10.1. The molecule has 14 heavy (non-hydrogen) atoms. The summed E-state index contributed by atoms with van der Waals surface area (Å²) in [4.78, 5) is 0. The lowest BCUT2D eigenvalue weighted by Gasteiger charge is -2.02. The molecule has 7 heteroatoms. The van der Waals surface area contributed by atoms with Gasteiger partial charge in [0, 0.05) is 13.1 Å². The lowest BCUT2D eigenvalue weighted by atomic mass is 10.7. The molecule has 1 aromatic heterocycles. The fraction of sp³-hybridized carbons (Fsp3) is 0.429. The summed E-state index contributed by atoms with van der Waals surface area (Å²) in [5.74, 6) is 0. The van der Waals surface area contributed by atoms with Crippen molar-refractivity contribution in [1.29, 1.82) is 0 Å². The minimum absolute atomic E-state index is 0. The smallest absolute Gasteiger partial charge is 0.250 e. The Morgan fingerprint density at radius 1 is 1.43 bits per heavy atom. The number of thiophene rings is 1. The fourth-order valence-corrected chi connectivity index (χ4v) is 2.87. The molecule has 0 atom stereocenters. The van der Waals surface area contributed by atoms with E-state index >= 15 is 0 Å². The van der Waals surface area contributed by atoms with Crippen molar-refractivity contribution in [3.05, 3.63) is 17.5 Å². The molecule has 0 saturated heterocycles. The van der Waals surface area contributed by atoms with Crippen molar-refractivity contribution in [3.63, 3.8) is 0 Å². The van der Waals surface area contributed by atoms with Gasteiger partial charge in [0.2, 0.25) is 10.0 Å². The Kier molecular flexibility index (Phi) is 6.30. The zero-order valence-electron chi connectivity index (χ0n) is 7.69.